The molecule has 1 nitrogen and oxygen atoms in total. The first-order valence-electron chi connectivity index (χ1n) is 2.89. The summed E-state index contributed by atoms with van der Waals surface area (Å²) in [5, 5.41) is 1.18. The van der Waals surface area contributed by atoms with Gasteiger partial charge in [0.15, 0.2) is 0 Å². The van der Waals surface area contributed by atoms with E-state index in [2.05, 4.69) is 17.6 Å². The van der Waals surface area contributed by atoms with Crippen molar-refractivity contribution in [2.75, 3.05) is 0 Å². The Balaban J connectivity index is 2.88. The standard InChI is InChI=1S/C7H5NS2/c9-7-3-5-4-8-2-1-6(5)10-7/h1-4,9H. The van der Waals surface area contributed by atoms with Crippen LogP contribution in [0.15, 0.2) is 28.7 Å². The average Bonchev–Trinajstić information content (AvgIpc) is 2.27. The van der Waals surface area contributed by atoms with E-state index in [1.807, 2.05) is 18.3 Å². The molecule has 50 valence electrons. The molecular formula is C7H5NS2. The van der Waals surface area contributed by atoms with Crippen molar-refractivity contribution in [1.29, 1.82) is 0 Å². The number of hydrogen-bond donors (Lipinski definition) is 1. The van der Waals surface area contributed by atoms with E-state index in [1.54, 1.807) is 17.5 Å². The predicted octanol–water partition coefficient (Wildman–Crippen LogP) is 2.58. The molecule has 2 aromatic rings. The summed E-state index contributed by atoms with van der Waals surface area (Å²) in [6.07, 6.45) is 3.65. The van der Waals surface area contributed by atoms with Crippen LogP contribution in [0, 0.1) is 0 Å². The second kappa shape index (κ2) is 2.25. The van der Waals surface area contributed by atoms with Crippen LogP contribution in [-0.2, 0) is 0 Å². The Kier molecular flexibility index (Phi) is 1.39. The van der Waals surface area contributed by atoms with Gasteiger partial charge in [-0.3, -0.25) is 4.98 Å². The number of pyridine rings is 1. The normalized spacial score (nSPS) is 10.5. The minimum atomic E-state index is 1.04. The molecule has 0 radical (unpaired) electrons. The summed E-state index contributed by atoms with van der Waals surface area (Å²) in [5.41, 5.74) is 0. The van der Waals surface area contributed by atoms with Gasteiger partial charge in [-0.25, -0.2) is 0 Å². The lowest BCUT2D eigenvalue weighted by Gasteiger charge is -1.81. The van der Waals surface area contributed by atoms with Crippen molar-refractivity contribution in [2.45, 2.75) is 4.21 Å². The Morgan fingerprint density at radius 1 is 1.50 bits per heavy atom. The van der Waals surface area contributed by atoms with Crippen molar-refractivity contribution >= 4 is 34.1 Å². The van der Waals surface area contributed by atoms with Crippen LogP contribution in [-0.4, -0.2) is 4.98 Å². The van der Waals surface area contributed by atoms with Gasteiger partial charge in [-0.15, -0.1) is 24.0 Å². The second-order valence-corrected chi connectivity index (χ2v) is 3.87. The number of thiophene rings is 1. The van der Waals surface area contributed by atoms with E-state index >= 15 is 0 Å². The molecule has 0 amide bonds. The lowest BCUT2D eigenvalue weighted by Crippen LogP contribution is -1.64. The first-order chi connectivity index (χ1) is 4.86. The SMILES string of the molecule is Sc1cc2cnccc2s1. The van der Waals surface area contributed by atoms with Crippen molar-refractivity contribution in [3.63, 3.8) is 0 Å². The molecule has 0 aliphatic heterocycles. The predicted molar refractivity (Wildman–Crippen MR) is 46.9 cm³/mol. The summed E-state index contributed by atoms with van der Waals surface area (Å²) in [6, 6.07) is 4.02. The number of aromatic nitrogens is 1. The first kappa shape index (κ1) is 6.19. The topological polar surface area (TPSA) is 12.9 Å². The van der Waals surface area contributed by atoms with Crippen LogP contribution in [0.25, 0.3) is 10.1 Å². The van der Waals surface area contributed by atoms with Crippen LogP contribution in [0.5, 0.6) is 0 Å². The third kappa shape index (κ3) is 0.914. The van der Waals surface area contributed by atoms with Gasteiger partial charge in [0, 0.05) is 22.5 Å². The Bertz CT molecular complexity index is 320. The Morgan fingerprint density at radius 3 is 3.20 bits per heavy atom. The summed E-state index contributed by atoms with van der Waals surface area (Å²) in [4.78, 5) is 4.00. The molecule has 0 atom stereocenters. The average molecular weight is 167 g/mol. The third-order valence-electron chi connectivity index (χ3n) is 1.30. The van der Waals surface area contributed by atoms with Crippen molar-refractivity contribution in [2.24, 2.45) is 0 Å². The molecule has 0 aliphatic carbocycles. The van der Waals surface area contributed by atoms with E-state index in [9.17, 15) is 0 Å². The number of thiol groups is 1. The van der Waals surface area contributed by atoms with Crippen LogP contribution in [0.3, 0.4) is 0 Å². The second-order valence-electron chi connectivity index (χ2n) is 2.00. The summed E-state index contributed by atoms with van der Waals surface area (Å²) in [7, 11) is 0. The highest BCUT2D eigenvalue weighted by Crippen LogP contribution is 2.26. The van der Waals surface area contributed by atoms with Crippen molar-refractivity contribution in [3.05, 3.63) is 24.5 Å². The molecule has 2 aromatic heterocycles. The minimum Gasteiger partial charge on any atom is -0.264 e. The highest BCUT2D eigenvalue weighted by atomic mass is 32.2. The molecular weight excluding hydrogens is 162 g/mol. The van der Waals surface area contributed by atoms with E-state index in [-0.39, 0.29) is 0 Å². The van der Waals surface area contributed by atoms with Gasteiger partial charge < -0.3 is 0 Å². The zero-order valence-corrected chi connectivity index (χ0v) is 6.82. The molecule has 0 saturated heterocycles. The lowest BCUT2D eigenvalue weighted by molar-refractivity contribution is 1.37. The fraction of sp³-hybridized carbons (Fsp3) is 0. The summed E-state index contributed by atoms with van der Waals surface area (Å²) in [6.45, 7) is 0. The molecule has 0 bridgehead atoms. The number of rotatable bonds is 0. The van der Waals surface area contributed by atoms with Crippen LogP contribution in [0.4, 0.5) is 0 Å². The molecule has 0 N–H and O–H groups in total. The summed E-state index contributed by atoms with van der Waals surface area (Å²) in [5.74, 6) is 0. The highest BCUT2D eigenvalue weighted by molar-refractivity contribution is 7.83. The van der Waals surface area contributed by atoms with Crippen LogP contribution >= 0.6 is 24.0 Å². The van der Waals surface area contributed by atoms with Gasteiger partial charge in [0.2, 0.25) is 0 Å². The largest absolute Gasteiger partial charge is 0.264 e. The van der Waals surface area contributed by atoms with Gasteiger partial charge in [0.05, 0.1) is 4.21 Å². The monoisotopic (exact) mass is 167 g/mol. The van der Waals surface area contributed by atoms with E-state index < -0.39 is 0 Å². The lowest BCUT2D eigenvalue weighted by atomic mass is 10.4. The molecule has 0 unspecified atom stereocenters. The fourth-order valence-electron chi connectivity index (χ4n) is 0.870. The van der Waals surface area contributed by atoms with E-state index in [0.717, 1.165) is 4.21 Å². The molecule has 0 aliphatic rings. The van der Waals surface area contributed by atoms with Crippen LogP contribution in [0.2, 0.25) is 0 Å². The summed E-state index contributed by atoms with van der Waals surface area (Å²) < 4.78 is 2.29. The summed E-state index contributed by atoms with van der Waals surface area (Å²) >= 11 is 5.91. The maximum Gasteiger partial charge on any atom is 0.0581 e. The van der Waals surface area contributed by atoms with Crippen molar-refractivity contribution in [1.82, 2.24) is 4.98 Å². The quantitative estimate of drug-likeness (QED) is 0.595. The van der Waals surface area contributed by atoms with Gasteiger partial charge in [-0.05, 0) is 12.1 Å². The molecule has 0 fully saturated rings. The molecule has 10 heavy (non-hydrogen) atoms. The third-order valence-corrected chi connectivity index (χ3v) is 2.63. The number of hydrogen-bond acceptors (Lipinski definition) is 3. The van der Waals surface area contributed by atoms with Crippen molar-refractivity contribution in [3.8, 4) is 0 Å². The highest BCUT2D eigenvalue weighted by Gasteiger charge is 1.95. The Hall–Kier alpha value is -0.540. The smallest absolute Gasteiger partial charge is 0.0581 e. The van der Waals surface area contributed by atoms with Gasteiger partial charge in [-0.2, -0.15) is 0 Å². The maximum atomic E-state index is 4.23. The molecule has 0 aromatic carbocycles. The maximum absolute atomic E-state index is 4.23. The van der Waals surface area contributed by atoms with E-state index in [0.29, 0.717) is 0 Å². The minimum absolute atomic E-state index is 1.04. The Labute approximate surface area is 68.1 Å². The molecule has 2 rings (SSSR count). The van der Waals surface area contributed by atoms with Gasteiger partial charge in [0.25, 0.3) is 0 Å². The zero-order valence-electron chi connectivity index (χ0n) is 5.11. The van der Waals surface area contributed by atoms with E-state index in [4.69, 9.17) is 0 Å². The molecule has 0 saturated carbocycles. The van der Waals surface area contributed by atoms with E-state index in [1.165, 1.54) is 10.1 Å². The number of fused-ring (bicyclic) bond motifs is 1. The Morgan fingerprint density at radius 2 is 2.40 bits per heavy atom. The van der Waals surface area contributed by atoms with Gasteiger partial charge >= 0.3 is 0 Å². The number of nitrogens with zero attached hydrogens (tertiary/aromatic N) is 1. The molecule has 2 heterocycles. The van der Waals surface area contributed by atoms with Crippen LogP contribution < -0.4 is 0 Å². The van der Waals surface area contributed by atoms with Crippen LogP contribution in [0.1, 0.15) is 0 Å². The van der Waals surface area contributed by atoms with Gasteiger partial charge in [-0.1, -0.05) is 0 Å². The van der Waals surface area contributed by atoms with Gasteiger partial charge in [0.1, 0.15) is 0 Å². The first-order valence-corrected chi connectivity index (χ1v) is 4.15. The fourth-order valence-corrected chi connectivity index (χ4v) is 2.07. The molecule has 3 heteroatoms. The van der Waals surface area contributed by atoms with Crippen molar-refractivity contribution < 1.29 is 0 Å². The molecule has 0 spiro atoms. The zero-order chi connectivity index (χ0) is 6.97.